The van der Waals surface area contributed by atoms with Gasteiger partial charge in [-0.05, 0) is 24.3 Å². The van der Waals surface area contributed by atoms with E-state index in [0.29, 0.717) is 5.82 Å². The molecule has 0 unspecified atom stereocenters. The lowest BCUT2D eigenvalue weighted by molar-refractivity contribution is 0.453. The van der Waals surface area contributed by atoms with Gasteiger partial charge in [0.25, 0.3) is 5.56 Å². The molecule has 0 aliphatic rings. The van der Waals surface area contributed by atoms with Gasteiger partial charge < -0.3 is 5.11 Å². The van der Waals surface area contributed by atoms with Gasteiger partial charge in [-0.15, -0.1) is 10.2 Å². The SMILES string of the molecule is O=c1ccc(N=Nc2ccc3ccccc3n2)c(O)[nH]1. The van der Waals surface area contributed by atoms with Crippen LogP contribution in [-0.2, 0) is 0 Å². The zero-order valence-corrected chi connectivity index (χ0v) is 10.3. The predicted molar refractivity (Wildman–Crippen MR) is 74.6 cm³/mol. The zero-order chi connectivity index (χ0) is 13.9. The lowest BCUT2D eigenvalue weighted by atomic mass is 10.2. The van der Waals surface area contributed by atoms with Gasteiger partial charge in [-0.3, -0.25) is 9.78 Å². The van der Waals surface area contributed by atoms with Crippen LogP contribution in [0.25, 0.3) is 10.9 Å². The van der Waals surface area contributed by atoms with E-state index in [-0.39, 0.29) is 11.6 Å². The number of para-hydroxylation sites is 1. The molecule has 98 valence electrons. The molecule has 2 aromatic heterocycles. The summed E-state index contributed by atoms with van der Waals surface area (Å²) in [7, 11) is 0. The number of pyridine rings is 2. The van der Waals surface area contributed by atoms with E-state index in [1.807, 2.05) is 30.3 Å². The summed E-state index contributed by atoms with van der Waals surface area (Å²) in [6.45, 7) is 0. The quantitative estimate of drug-likeness (QED) is 0.698. The number of hydrogen-bond acceptors (Lipinski definition) is 5. The van der Waals surface area contributed by atoms with Crippen molar-refractivity contribution in [2.75, 3.05) is 0 Å². The summed E-state index contributed by atoms with van der Waals surface area (Å²) < 4.78 is 0. The maximum atomic E-state index is 11.0. The number of hydrogen-bond donors (Lipinski definition) is 2. The van der Waals surface area contributed by atoms with Gasteiger partial charge in [-0.25, -0.2) is 4.98 Å². The van der Waals surface area contributed by atoms with Crippen LogP contribution in [0.15, 0.2) is 63.6 Å². The third kappa shape index (κ3) is 2.39. The molecule has 6 nitrogen and oxygen atoms in total. The molecule has 2 N–H and O–H groups in total. The second-order valence-corrected chi connectivity index (χ2v) is 4.12. The molecule has 3 aromatic rings. The van der Waals surface area contributed by atoms with Crippen LogP contribution >= 0.6 is 0 Å². The van der Waals surface area contributed by atoms with E-state index in [2.05, 4.69) is 20.2 Å². The molecule has 0 spiro atoms. The van der Waals surface area contributed by atoms with Crippen molar-refractivity contribution in [3.05, 3.63) is 58.9 Å². The van der Waals surface area contributed by atoms with Crippen molar-refractivity contribution < 1.29 is 5.11 Å². The van der Waals surface area contributed by atoms with Gasteiger partial charge in [-0.1, -0.05) is 18.2 Å². The highest BCUT2D eigenvalue weighted by Crippen LogP contribution is 2.24. The fourth-order valence-corrected chi connectivity index (χ4v) is 1.75. The van der Waals surface area contributed by atoms with Crippen LogP contribution in [0.2, 0.25) is 0 Å². The summed E-state index contributed by atoms with van der Waals surface area (Å²) in [5.74, 6) is 0.108. The Labute approximate surface area is 113 Å². The van der Waals surface area contributed by atoms with Gasteiger partial charge in [0.2, 0.25) is 5.88 Å². The van der Waals surface area contributed by atoms with Crippen LogP contribution in [0, 0.1) is 0 Å². The second kappa shape index (κ2) is 4.93. The molecule has 0 fully saturated rings. The molecule has 20 heavy (non-hydrogen) atoms. The van der Waals surface area contributed by atoms with Crippen LogP contribution in [0.3, 0.4) is 0 Å². The van der Waals surface area contributed by atoms with Crippen molar-refractivity contribution in [3.8, 4) is 5.88 Å². The fraction of sp³-hybridized carbons (Fsp3) is 0. The molecule has 2 heterocycles. The Morgan fingerprint density at radius 2 is 1.85 bits per heavy atom. The van der Waals surface area contributed by atoms with Crippen molar-refractivity contribution in [2.24, 2.45) is 10.2 Å². The number of benzene rings is 1. The van der Waals surface area contributed by atoms with Gasteiger partial charge in [0.15, 0.2) is 5.82 Å². The number of aromatic nitrogens is 2. The normalized spacial score (nSPS) is 11.2. The molecule has 0 bridgehead atoms. The lowest BCUT2D eigenvalue weighted by Crippen LogP contribution is -2.00. The Kier molecular flexibility index (Phi) is 2.96. The number of fused-ring (bicyclic) bond motifs is 1. The highest BCUT2D eigenvalue weighted by atomic mass is 16.3. The monoisotopic (exact) mass is 266 g/mol. The van der Waals surface area contributed by atoms with Crippen LogP contribution < -0.4 is 5.56 Å². The van der Waals surface area contributed by atoms with Crippen molar-refractivity contribution in [3.63, 3.8) is 0 Å². The van der Waals surface area contributed by atoms with Crippen molar-refractivity contribution in [1.82, 2.24) is 9.97 Å². The second-order valence-electron chi connectivity index (χ2n) is 4.12. The van der Waals surface area contributed by atoms with Gasteiger partial charge in [0.05, 0.1) is 5.52 Å². The summed E-state index contributed by atoms with van der Waals surface area (Å²) in [6, 6.07) is 13.9. The molecule has 0 aliphatic carbocycles. The van der Waals surface area contributed by atoms with Crippen LogP contribution in [-0.4, -0.2) is 15.1 Å². The van der Waals surface area contributed by atoms with Gasteiger partial charge in [0, 0.05) is 11.5 Å². The predicted octanol–water partition coefficient (Wildman–Crippen LogP) is 3.04. The Bertz CT molecular complexity index is 855. The van der Waals surface area contributed by atoms with Gasteiger partial charge >= 0.3 is 0 Å². The number of aromatic hydroxyl groups is 1. The lowest BCUT2D eigenvalue weighted by Gasteiger charge is -1.98. The van der Waals surface area contributed by atoms with E-state index < -0.39 is 5.56 Å². The van der Waals surface area contributed by atoms with E-state index in [0.717, 1.165) is 10.9 Å². The number of aromatic amines is 1. The minimum absolute atomic E-state index is 0.180. The first-order chi connectivity index (χ1) is 9.72. The van der Waals surface area contributed by atoms with E-state index >= 15 is 0 Å². The van der Waals surface area contributed by atoms with Gasteiger partial charge in [-0.2, -0.15) is 0 Å². The van der Waals surface area contributed by atoms with Crippen LogP contribution in [0.5, 0.6) is 5.88 Å². The fourth-order valence-electron chi connectivity index (χ4n) is 1.75. The number of azo groups is 1. The average Bonchev–Trinajstić information content (AvgIpc) is 2.46. The number of nitrogens with zero attached hydrogens (tertiary/aromatic N) is 3. The van der Waals surface area contributed by atoms with Gasteiger partial charge in [0.1, 0.15) is 5.69 Å². The van der Waals surface area contributed by atoms with Crippen LogP contribution in [0.4, 0.5) is 11.5 Å². The summed E-state index contributed by atoms with van der Waals surface area (Å²) in [6.07, 6.45) is 0. The molecule has 0 aliphatic heterocycles. The molecule has 0 amide bonds. The highest BCUT2D eigenvalue weighted by molar-refractivity contribution is 5.79. The Hall–Kier alpha value is -3.02. The molecule has 1 aromatic carbocycles. The topological polar surface area (TPSA) is 90.7 Å². The molecule has 0 saturated carbocycles. The molecule has 0 atom stereocenters. The minimum atomic E-state index is -0.398. The Morgan fingerprint density at radius 1 is 1.00 bits per heavy atom. The molecular formula is C14H10N4O2. The smallest absolute Gasteiger partial charge is 0.250 e. The molecule has 0 saturated heterocycles. The van der Waals surface area contributed by atoms with Crippen LogP contribution in [0.1, 0.15) is 0 Å². The van der Waals surface area contributed by atoms with Crippen molar-refractivity contribution in [1.29, 1.82) is 0 Å². The highest BCUT2D eigenvalue weighted by Gasteiger charge is 2.01. The Morgan fingerprint density at radius 3 is 2.70 bits per heavy atom. The zero-order valence-electron chi connectivity index (χ0n) is 10.3. The third-order valence-corrected chi connectivity index (χ3v) is 2.72. The van der Waals surface area contributed by atoms with Crippen molar-refractivity contribution in [2.45, 2.75) is 0 Å². The van der Waals surface area contributed by atoms with Crippen molar-refractivity contribution >= 4 is 22.4 Å². The maximum Gasteiger partial charge on any atom is 0.250 e. The maximum absolute atomic E-state index is 11.0. The Balaban J connectivity index is 1.95. The van der Waals surface area contributed by atoms with E-state index in [9.17, 15) is 9.90 Å². The number of H-pyrrole nitrogens is 1. The summed E-state index contributed by atoms with van der Waals surface area (Å²) in [5, 5.41) is 18.3. The molecule has 6 heteroatoms. The summed E-state index contributed by atoms with van der Waals surface area (Å²) in [4.78, 5) is 17.5. The standard InChI is InChI=1S/C14H10N4O2/c19-13-8-6-11(14(20)16-13)17-18-12-7-5-9-3-1-2-4-10(9)15-12/h1-8H,(H2,16,19,20). The third-order valence-electron chi connectivity index (χ3n) is 2.72. The molecule has 3 rings (SSSR count). The first-order valence-corrected chi connectivity index (χ1v) is 5.92. The van der Waals surface area contributed by atoms with E-state index in [1.54, 1.807) is 6.07 Å². The summed E-state index contributed by atoms with van der Waals surface area (Å²) >= 11 is 0. The largest absolute Gasteiger partial charge is 0.493 e. The van der Waals surface area contributed by atoms with E-state index in [1.165, 1.54) is 12.1 Å². The first-order valence-electron chi connectivity index (χ1n) is 5.92. The minimum Gasteiger partial charge on any atom is -0.493 e. The average molecular weight is 266 g/mol. The van der Waals surface area contributed by atoms with E-state index in [4.69, 9.17) is 0 Å². The molecule has 0 radical (unpaired) electrons. The number of nitrogens with one attached hydrogen (secondary N) is 1. The molecular weight excluding hydrogens is 256 g/mol. The first kappa shape index (κ1) is 12.0. The summed E-state index contributed by atoms with van der Waals surface area (Å²) in [5.41, 5.74) is 0.597. The number of rotatable bonds is 2.